The molecule has 0 spiro atoms. The second-order valence-corrected chi connectivity index (χ2v) is 9.84. The van der Waals surface area contributed by atoms with Crippen LogP contribution in [0.3, 0.4) is 0 Å². The molecular formula is C26H32N2O2. The summed E-state index contributed by atoms with van der Waals surface area (Å²) in [6, 6.07) is 18.1. The van der Waals surface area contributed by atoms with Crippen molar-refractivity contribution in [2.24, 2.45) is 28.9 Å². The number of para-hydroxylation sites is 2. The van der Waals surface area contributed by atoms with Gasteiger partial charge in [-0.3, -0.25) is 4.79 Å². The van der Waals surface area contributed by atoms with E-state index in [0.29, 0.717) is 6.61 Å². The smallest absolute Gasteiger partial charge is 0.240 e. The van der Waals surface area contributed by atoms with Crippen molar-refractivity contribution in [3.63, 3.8) is 0 Å². The van der Waals surface area contributed by atoms with Crippen molar-refractivity contribution >= 4 is 11.6 Å². The average molecular weight is 405 g/mol. The molecule has 0 radical (unpaired) electrons. The monoisotopic (exact) mass is 404 g/mol. The summed E-state index contributed by atoms with van der Waals surface area (Å²) in [7, 11) is 0. The maximum absolute atomic E-state index is 13.0. The lowest BCUT2D eigenvalue weighted by molar-refractivity contribution is -0.118. The fourth-order valence-corrected chi connectivity index (χ4v) is 6.77. The molecule has 0 unspecified atom stereocenters. The van der Waals surface area contributed by atoms with E-state index in [9.17, 15) is 4.79 Å². The molecule has 2 aromatic rings. The molecule has 2 N–H and O–H groups in total. The highest BCUT2D eigenvalue weighted by atomic mass is 16.5. The molecule has 0 saturated heterocycles. The Bertz CT molecular complexity index is 860. The van der Waals surface area contributed by atoms with Gasteiger partial charge in [0.05, 0.1) is 12.2 Å². The minimum atomic E-state index is -0.0125. The normalized spacial score (nSPS) is 29.0. The van der Waals surface area contributed by atoms with Crippen molar-refractivity contribution in [3.05, 3.63) is 60.2 Å². The van der Waals surface area contributed by atoms with Crippen molar-refractivity contribution < 1.29 is 9.53 Å². The van der Waals surface area contributed by atoms with Gasteiger partial charge in [0.2, 0.25) is 5.91 Å². The summed E-state index contributed by atoms with van der Waals surface area (Å²) in [5.41, 5.74) is 8.09. The van der Waals surface area contributed by atoms with Crippen LogP contribution in [-0.4, -0.2) is 19.0 Å². The van der Waals surface area contributed by atoms with Gasteiger partial charge in [-0.05, 0) is 79.4 Å². The second-order valence-electron chi connectivity index (χ2n) is 9.84. The molecule has 4 aliphatic carbocycles. The summed E-state index contributed by atoms with van der Waals surface area (Å²) in [5, 5.41) is 0. The molecule has 4 aliphatic rings. The number of nitrogens with zero attached hydrogens (tertiary/aromatic N) is 1. The Kier molecular flexibility index (Phi) is 5.28. The van der Waals surface area contributed by atoms with E-state index in [1.807, 2.05) is 47.4 Å². The van der Waals surface area contributed by atoms with Crippen molar-refractivity contribution in [1.29, 1.82) is 0 Å². The van der Waals surface area contributed by atoms with Crippen molar-refractivity contribution in [2.45, 2.75) is 45.1 Å². The van der Waals surface area contributed by atoms with Gasteiger partial charge in [0.15, 0.2) is 0 Å². The number of amides is 1. The van der Waals surface area contributed by atoms with E-state index in [4.69, 9.17) is 10.5 Å². The van der Waals surface area contributed by atoms with Gasteiger partial charge < -0.3 is 15.4 Å². The Labute approximate surface area is 179 Å². The van der Waals surface area contributed by atoms with Crippen LogP contribution in [0.5, 0.6) is 5.75 Å². The van der Waals surface area contributed by atoms with Crippen LogP contribution in [-0.2, 0) is 11.4 Å². The predicted molar refractivity (Wildman–Crippen MR) is 119 cm³/mol. The summed E-state index contributed by atoms with van der Waals surface area (Å²) >= 11 is 0. The Morgan fingerprint density at radius 2 is 1.53 bits per heavy atom. The van der Waals surface area contributed by atoms with Crippen LogP contribution >= 0.6 is 0 Å². The first-order valence-electron chi connectivity index (χ1n) is 11.4. The van der Waals surface area contributed by atoms with E-state index < -0.39 is 0 Å². The Hall–Kier alpha value is -2.33. The van der Waals surface area contributed by atoms with Crippen LogP contribution in [0.25, 0.3) is 0 Å². The molecule has 0 aliphatic heterocycles. The average Bonchev–Trinajstić information content (AvgIpc) is 2.76. The fourth-order valence-electron chi connectivity index (χ4n) is 6.77. The van der Waals surface area contributed by atoms with E-state index in [1.54, 1.807) is 0 Å². The molecule has 2 aromatic carbocycles. The third-order valence-electron chi connectivity index (χ3n) is 7.53. The molecule has 4 fully saturated rings. The van der Waals surface area contributed by atoms with Crippen LogP contribution in [0, 0.1) is 23.2 Å². The van der Waals surface area contributed by atoms with Gasteiger partial charge in [0, 0.05) is 6.54 Å². The maximum Gasteiger partial charge on any atom is 0.240 e. The SMILES string of the molecule is NCC(=O)N(CC12CC3CC(CC(C3)C1)C2)c1ccccc1OCc1ccccc1. The number of hydrogen-bond acceptors (Lipinski definition) is 3. The third-order valence-corrected chi connectivity index (χ3v) is 7.53. The minimum absolute atomic E-state index is 0.0125. The van der Waals surface area contributed by atoms with Crippen LogP contribution in [0.15, 0.2) is 54.6 Å². The molecule has 0 aromatic heterocycles. The molecule has 4 saturated carbocycles. The van der Waals surface area contributed by atoms with E-state index in [-0.39, 0.29) is 17.9 Å². The number of carbonyl (C=O) groups excluding carboxylic acids is 1. The Morgan fingerprint density at radius 1 is 0.933 bits per heavy atom. The highest BCUT2D eigenvalue weighted by Gasteiger charge is 2.51. The predicted octanol–water partition coefficient (Wildman–Crippen LogP) is 4.77. The summed E-state index contributed by atoms with van der Waals surface area (Å²) in [5.74, 6) is 3.32. The van der Waals surface area contributed by atoms with Crippen molar-refractivity contribution in [3.8, 4) is 5.75 Å². The van der Waals surface area contributed by atoms with Gasteiger partial charge in [0.25, 0.3) is 0 Å². The summed E-state index contributed by atoms with van der Waals surface area (Å²) in [6.45, 7) is 1.29. The number of rotatable bonds is 7. The first-order valence-corrected chi connectivity index (χ1v) is 11.4. The van der Waals surface area contributed by atoms with Crippen LogP contribution in [0.4, 0.5) is 5.69 Å². The maximum atomic E-state index is 13.0. The zero-order valence-electron chi connectivity index (χ0n) is 17.6. The first kappa shape index (κ1) is 19.6. The van der Waals surface area contributed by atoms with Gasteiger partial charge in [-0.25, -0.2) is 0 Å². The number of hydrogen-bond donors (Lipinski definition) is 1. The highest BCUT2D eigenvalue weighted by molar-refractivity contribution is 5.96. The Morgan fingerprint density at radius 3 is 2.17 bits per heavy atom. The summed E-state index contributed by atoms with van der Waals surface area (Å²) < 4.78 is 6.18. The zero-order valence-corrected chi connectivity index (χ0v) is 17.6. The molecule has 6 rings (SSSR count). The first-order chi connectivity index (χ1) is 14.6. The lowest BCUT2D eigenvalue weighted by Crippen LogP contribution is -2.53. The largest absolute Gasteiger partial charge is 0.487 e. The van der Waals surface area contributed by atoms with E-state index in [2.05, 4.69) is 12.1 Å². The molecule has 30 heavy (non-hydrogen) atoms. The van der Waals surface area contributed by atoms with Gasteiger partial charge >= 0.3 is 0 Å². The van der Waals surface area contributed by atoms with Gasteiger partial charge in [0.1, 0.15) is 12.4 Å². The molecule has 0 atom stereocenters. The number of anilines is 1. The molecular weight excluding hydrogens is 372 g/mol. The van der Waals surface area contributed by atoms with Crippen molar-refractivity contribution in [1.82, 2.24) is 0 Å². The number of benzene rings is 2. The van der Waals surface area contributed by atoms with Gasteiger partial charge in [-0.2, -0.15) is 0 Å². The molecule has 158 valence electrons. The number of carbonyl (C=O) groups is 1. The van der Waals surface area contributed by atoms with Crippen LogP contribution in [0.1, 0.15) is 44.1 Å². The summed E-state index contributed by atoms with van der Waals surface area (Å²) in [4.78, 5) is 14.9. The molecule has 4 bridgehead atoms. The van der Waals surface area contributed by atoms with Crippen LogP contribution in [0.2, 0.25) is 0 Å². The van der Waals surface area contributed by atoms with E-state index in [0.717, 1.165) is 41.3 Å². The molecule has 1 amide bonds. The zero-order chi connectivity index (χ0) is 20.6. The lowest BCUT2D eigenvalue weighted by atomic mass is 9.49. The fraction of sp³-hybridized carbons (Fsp3) is 0.500. The van der Waals surface area contributed by atoms with Gasteiger partial charge in [-0.1, -0.05) is 42.5 Å². The standard InChI is InChI=1S/C26H32N2O2/c27-16-25(29)28(18-26-13-20-10-21(14-26)12-22(11-20)15-26)23-8-4-5-9-24(23)30-17-19-6-2-1-3-7-19/h1-9,20-22H,10-18,27H2. The topological polar surface area (TPSA) is 55.6 Å². The van der Waals surface area contributed by atoms with E-state index >= 15 is 0 Å². The highest BCUT2D eigenvalue weighted by Crippen LogP contribution is 2.60. The molecule has 4 heteroatoms. The third kappa shape index (κ3) is 3.85. The second kappa shape index (κ2) is 8.07. The van der Waals surface area contributed by atoms with Crippen LogP contribution < -0.4 is 15.4 Å². The number of ether oxygens (including phenoxy) is 1. The van der Waals surface area contributed by atoms with Gasteiger partial charge in [-0.15, -0.1) is 0 Å². The molecule has 0 heterocycles. The molecule has 4 nitrogen and oxygen atoms in total. The quantitative estimate of drug-likeness (QED) is 0.723. The minimum Gasteiger partial charge on any atom is -0.487 e. The van der Waals surface area contributed by atoms with E-state index in [1.165, 1.54) is 38.5 Å². The summed E-state index contributed by atoms with van der Waals surface area (Å²) in [6.07, 6.45) is 8.00. The number of nitrogens with two attached hydrogens (primary N) is 1. The van der Waals surface area contributed by atoms with Crippen molar-refractivity contribution in [2.75, 3.05) is 18.0 Å². The Balaban J connectivity index is 1.40. The lowest BCUT2D eigenvalue weighted by Gasteiger charge is -2.57.